The van der Waals surface area contributed by atoms with Crippen molar-refractivity contribution in [3.8, 4) is 0 Å². The molecule has 5 aliphatic rings. The number of fused-ring (bicyclic) bond motifs is 2. The number of halogens is 1. The van der Waals surface area contributed by atoms with E-state index in [0.29, 0.717) is 35.7 Å². The van der Waals surface area contributed by atoms with Crippen LogP contribution in [0.25, 0.3) is 11.2 Å². The molecule has 10 rings (SSSR count). The fraction of sp³-hybridized carbons (Fsp3) is 0.422. The van der Waals surface area contributed by atoms with Gasteiger partial charge >= 0.3 is 0 Å². The Balaban J connectivity index is 0.716. The summed E-state index contributed by atoms with van der Waals surface area (Å²) in [5, 5.41) is 9.27. The van der Waals surface area contributed by atoms with Crippen molar-refractivity contribution in [2.45, 2.75) is 82.6 Å². The standard InChI is InChI=1S/C45H50FN11O3/c46-37-25-36-29(28-56(43(36)60)39-14-15-40(58)51-42(39)59)24-30(37)27-53-20-22-55(23-21-53)34-16-18-54(19-17-34)33-12-10-32(11-13-33)48-44-47-26-38-41(52-44)57(35-8-4-5-9-35)45(50-38)49-31-6-2-1-3-7-31/h1-3,6-7,10-13,24-26,34-35,39H,4-5,8-9,14-23,27-28H2,(H,49,50)(H,47,48,52)(H,51,58,59). The minimum absolute atomic E-state index is 0.188. The Hall–Kier alpha value is -5.93. The summed E-state index contributed by atoms with van der Waals surface area (Å²) in [5.41, 5.74) is 6.36. The number of para-hydroxylation sites is 1. The lowest BCUT2D eigenvalue weighted by Crippen LogP contribution is -2.53. The van der Waals surface area contributed by atoms with E-state index in [0.717, 1.165) is 99.0 Å². The van der Waals surface area contributed by atoms with E-state index in [1.54, 1.807) is 6.07 Å². The molecular formula is C45H50FN11O3. The average molecular weight is 812 g/mol. The minimum Gasteiger partial charge on any atom is -0.371 e. The molecule has 1 aliphatic carbocycles. The SMILES string of the molecule is O=C1CCC(N2Cc3cc(CN4CCN(C5CCN(c6ccc(Nc7ncc8nc(Nc9ccccc9)n(C9CCCC9)c8n7)cc6)CC5)CC4)c(F)cc3C2=O)C(=O)N1. The monoisotopic (exact) mass is 811 g/mol. The molecule has 4 fully saturated rings. The number of piperidine rings is 2. The zero-order chi connectivity index (χ0) is 40.7. The zero-order valence-corrected chi connectivity index (χ0v) is 33.7. The van der Waals surface area contributed by atoms with Gasteiger partial charge in [0.1, 0.15) is 17.4 Å². The normalized spacial score (nSPS) is 20.9. The highest BCUT2D eigenvalue weighted by Gasteiger charge is 2.40. The number of amides is 3. The molecule has 0 radical (unpaired) electrons. The van der Waals surface area contributed by atoms with Crippen LogP contribution in [0.3, 0.4) is 0 Å². The van der Waals surface area contributed by atoms with Crippen LogP contribution >= 0.6 is 0 Å². The van der Waals surface area contributed by atoms with Crippen LogP contribution in [0.15, 0.2) is 72.9 Å². The highest BCUT2D eigenvalue weighted by molar-refractivity contribution is 6.05. The fourth-order valence-electron chi connectivity index (χ4n) is 9.86. The van der Waals surface area contributed by atoms with E-state index in [4.69, 9.17) is 9.97 Å². The third-order valence-electron chi connectivity index (χ3n) is 13.1. The molecule has 1 atom stereocenters. The number of nitrogens with one attached hydrogen (secondary N) is 3. The van der Waals surface area contributed by atoms with E-state index in [9.17, 15) is 14.4 Å². The van der Waals surface area contributed by atoms with E-state index < -0.39 is 17.8 Å². The van der Waals surface area contributed by atoms with E-state index in [1.807, 2.05) is 36.5 Å². The molecule has 3 aromatic carbocycles. The predicted octanol–water partition coefficient (Wildman–Crippen LogP) is 6.12. The number of carbonyl (C=O) groups is 3. The van der Waals surface area contributed by atoms with E-state index >= 15 is 4.39 Å². The lowest BCUT2D eigenvalue weighted by atomic mass is 10.0. The Morgan fingerprint density at radius 3 is 2.28 bits per heavy atom. The molecule has 5 aromatic rings. The summed E-state index contributed by atoms with van der Waals surface area (Å²) < 4.78 is 17.6. The maximum absolute atomic E-state index is 15.4. The van der Waals surface area contributed by atoms with Gasteiger partial charge in [0.2, 0.25) is 23.7 Å². The third-order valence-corrected chi connectivity index (χ3v) is 13.1. The minimum atomic E-state index is -0.712. The lowest BCUT2D eigenvalue weighted by molar-refractivity contribution is -0.136. The first-order valence-corrected chi connectivity index (χ1v) is 21.4. The van der Waals surface area contributed by atoms with Crippen molar-refractivity contribution < 1.29 is 18.8 Å². The molecule has 310 valence electrons. The molecule has 3 saturated heterocycles. The van der Waals surface area contributed by atoms with Crippen LogP contribution in [0.2, 0.25) is 0 Å². The van der Waals surface area contributed by atoms with Crippen molar-refractivity contribution in [1.29, 1.82) is 0 Å². The second-order valence-corrected chi connectivity index (χ2v) is 16.8. The summed E-state index contributed by atoms with van der Waals surface area (Å²) in [6, 6.07) is 21.9. The number of carbonyl (C=O) groups excluding carboxylic acids is 3. The molecule has 15 heteroatoms. The van der Waals surface area contributed by atoms with Gasteiger partial charge in [-0.3, -0.25) is 34.1 Å². The number of anilines is 5. The number of hydrogen-bond acceptors (Lipinski definition) is 11. The molecule has 2 aromatic heterocycles. The molecule has 3 amide bonds. The van der Waals surface area contributed by atoms with E-state index in [2.05, 4.69) is 64.5 Å². The van der Waals surface area contributed by atoms with Gasteiger partial charge in [-0.15, -0.1) is 0 Å². The number of benzene rings is 3. The predicted molar refractivity (Wildman–Crippen MR) is 227 cm³/mol. The Bertz CT molecular complexity index is 2400. The van der Waals surface area contributed by atoms with Gasteiger partial charge in [0.05, 0.1) is 6.20 Å². The highest BCUT2D eigenvalue weighted by Crippen LogP contribution is 2.36. The molecule has 4 aliphatic heterocycles. The summed E-state index contributed by atoms with van der Waals surface area (Å²) >= 11 is 0. The summed E-state index contributed by atoms with van der Waals surface area (Å²) in [6.07, 6.45) is 9.08. The van der Waals surface area contributed by atoms with Crippen LogP contribution in [0.4, 0.5) is 33.3 Å². The summed E-state index contributed by atoms with van der Waals surface area (Å²) in [6.45, 7) is 6.24. The van der Waals surface area contributed by atoms with Gasteiger partial charge in [0.25, 0.3) is 5.91 Å². The summed E-state index contributed by atoms with van der Waals surface area (Å²) in [4.78, 5) is 60.5. The van der Waals surface area contributed by atoms with Crippen LogP contribution < -0.4 is 20.9 Å². The Morgan fingerprint density at radius 1 is 0.783 bits per heavy atom. The Morgan fingerprint density at radius 2 is 1.53 bits per heavy atom. The van der Waals surface area contributed by atoms with Crippen LogP contribution in [0, 0.1) is 5.82 Å². The number of hydrogen-bond donors (Lipinski definition) is 3. The number of aromatic nitrogens is 4. The topological polar surface area (TPSA) is 144 Å². The molecule has 0 spiro atoms. The third kappa shape index (κ3) is 7.67. The number of piperazine rings is 1. The van der Waals surface area contributed by atoms with Gasteiger partial charge in [-0.2, -0.15) is 4.98 Å². The second-order valence-electron chi connectivity index (χ2n) is 16.8. The molecule has 3 N–H and O–H groups in total. The van der Waals surface area contributed by atoms with Gasteiger partial charge in [-0.05, 0) is 86.2 Å². The molecular weight excluding hydrogens is 762 g/mol. The number of imidazole rings is 1. The van der Waals surface area contributed by atoms with Crippen LogP contribution in [-0.4, -0.2) is 103 Å². The molecule has 60 heavy (non-hydrogen) atoms. The van der Waals surface area contributed by atoms with Crippen molar-refractivity contribution in [2.24, 2.45) is 0 Å². The summed E-state index contributed by atoms with van der Waals surface area (Å²) in [5.74, 6) is -0.186. The van der Waals surface area contributed by atoms with Gasteiger partial charge in [-0.1, -0.05) is 31.0 Å². The first kappa shape index (κ1) is 38.3. The van der Waals surface area contributed by atoms with Gasteiger partial charge < -0.3 is 20.4 Å². The molecule has 1 unspecified atom stereocenters. The van der Waals surface area contributed by atoms with Crippen LogP contribution in [0.1, 0.15) is 78.9 Å². The highest BCUT2D eigenvalue weighted by atomic mass is 19.1. The Labute approximate surface area is 348 Å². The first-order chi connectivity index (χ1) is 29.3. The number of imide groups is 1. The second kappa shape index (κ2) is 16.3. The lowest BCUT2D eigenvalue weighted by Gasteiger charge is -2.43. The largest absolute Gasteiger partial charge is 0.371 e. The van der Waals surface area contributed by atoms with Crippen molar-refractivity contribution in [3.63, 3.8) is 0 Å². The van der Waals surface area contributed by atoms with Crippen LogP contribution in [-0.2, 0) is 22.7 Å². The maximum atomic E-state index is 15.4. The number of rotatable bonds is 10. The van der Waals surface area contributed by atoms with Gasteiger partial charge in [-0.25, -0.2) is 14.4 Å². The van der Waals surface area contributed by atoms with Crippen molar-refractivity contribution >= 4 is 57.8 Å². The van der Waals surface area contributed by atoms with E-state index in [1.165, 1.54) is 29.5 Å². The average Bonchev–Trinajstić information content (AvgIpc) is 4.00. The molecule has 6 heterocycles. The van der Waals surface area contributed by atoms with Gasteiger partial charge in [0.15, 0.2) is 5.65 Å². The molecule has 1 saturated carbocycles. The smallest absolute Gasteiger partial charge is 0.255 e. The van der Waals surface area contributed by atoms with Crippen molar-refractivity contribution in [2.75, 3.05) is 54.8 Å². The first-order valence-electron chi connectivity index (χ1n) is 21.4. The summed E-state index contributed by atoms with van der Waals surface area (Å²) in [7, 11) is 0. The van der Waals surface area contributed by atoms with E-state index in [-0.39, 0.29) is 31.2 Å². The molecule has 0 bridgehead atoms. The Kier molecular flexibility index (Phi) is 10.4. The molecule has 14 nitrogen and oxygen atoms in total. The van der Waals surface area contributed by atoms with Crippen molar-refractivity contribution in [1.82, 2.24) is 39.5 Å². The van der Waals surface area contributed by atoms with Crippen LogP contribution in [0.5, 0.6) is 0 Å². The quantitative estimate of drug-likeness (QED) is 0.141. The van der Waals surface area contributed by atoms with Crippen molar-refractivity contribution in [3.05, 3.63) is 95.4 Å². The maximum Gasteiger partial charge on any atom is 0.255 e. The fourth-order valence-corrected chi connectivity index (χ4v) is 9.86. The number of nitrogens with zero attached hydrogens (tertiary/aromatic N) is 8. The zero-order valence-electron chi connectivity index (χ0n) is 33.7. The van der Waals surface area contributed by atoms with Gasteiger partial charge in [0, 0.05) is 99.1 Å².